The minimum absolute atomic E-state index is 0. The third-order valence-corrected chi connectivity index (χ3v) is 0.1000. The standard InChI is InChI=1S/C2H6O2.2ClH.Er.H2O4S.Tb/c3-1-2-4;;;;1-5(2,3)4;/h3-4H,1-2H2;2*1H;;(H2,1,2,3,4);. The molecule has 0 amide bonds. The van der Waals surface area contributed by atoms with Gasteiger partial charge in [-0.3, -0.25) is 9.11 Å². The van der Waals surface area contributed by atoms with E-state index in [1.165, 1.54) is 0 Å². The number of halogens is 2. The van der Waals surface area contributed by atoms with Crippen molar-refractivity contribution < 1.29 is 104 Å². The van der Waals surface area contributed by atoms with Crippen LogP contribution in [-0.2, 0) is 10.4 Å². The first-order valence-corrected chi connectivity index (χ1v) is 3.23. The average molecular weight is 559 g/mol. The Kier molecular flexibility index (Phi) is 67.1. The number of aliphatic hydroxyl groups excluding tert-OH is 2. The van der Waals surface area contributed by atoms with E-state index >= 15 is 0 Å². The van der Waals surface area contributed by atoms with Gasteiger partial charge in [-0.15, -0.1) is 24.8 Å². The first kappa shape index (κ1) is 36.0. The Hall–Kier alpha value is 2.90. The fourth-order valence-corrected chi connectivity index (χ4v) is 0. The molecule has 0 aliphatic heterocycles. The summed E-state index contributed by atoms with van der Waals surface area (Å²) < 4.78 is 31.6. The first-order valence-electron chi connectivity index (χ1n) is 1.83. The van der Waals surface area contributed by atoms with Crippen LogP contribution in [0.15, 0.2) is 0 Å². The average Bonchev–Trinajstić information content (AvgIpc) is 1.61. The molecule has 13 heavy (non-hydrogen) atoms. The maximum atomic E-state index is 8.74. The molecule has 6 nitrogen and oxygen atoms in total. The van der Waals surface area contributed by atoms with E-state index in [1.807, 2.05) is 0 Å². The van der Waals surface area contributed by atoms with Crippen molar-refractivity contribution in [1.29, 1.82) is 0 Å². The predicted octanol–water partition coefficient (Wildman–Crippen LogP) is -0.838. The zero-order valence-electron chi connectivity index (χ0n) is 5.87. The van der Waals surface area contributed by atoms with E-state index in [2.05, 4.69) is 0 Å². The van der Waals surface area contributed by atoms with E-state index in [0.29, 0.717) is 0 Å². The molecule has 1 radical (unpaired) electrons. The van der Waals surface area contributed by atoms with E-state index < -0.39 is 10.4 Å². The molecular formula is C2H10Cl2ErO6STb. The summed E-state index contributed by atoms with van der Waals surface area (Å²) in [5.41, 5.74) is 0. The Morgan fingerprint density at radius 1 is 0.923 bits per heavy atom. The molecule has 0 atom stereocenters. The molecule has 0 aliphatic rings. The summed E-state index contributed by atoms with van der Waals surface area (Å²) >= 11 is 0. The van der Waals surface area contributed by atoms with Crippen LogP contribution in [0.25, 0.3) is 0 Å². The van der Waals surface area contributed by atoms with Gasteiger partial charge in [0.2, 0.25) is 0 Å². The fourth-order valence-electron chi connectivity index (χ4n) is 0. The predicted molar refractivity (Wildman–Crippen MR) is 42.8 cm³/mol. The van der Waals surface area contributed by atoms with E-state index in [4.69, 9.17) is 27.7 Å². The van der Waals surface area contributed by atoms with Gasteiger partial charge in [0.25, 0.3) is 0 Å². The third kappa shape index (κ3) is 163. The number of hydrogen-bond acceptors (Lipinski definition) is 4. The Bertz CT molecular complexity index is 132. The Labute approximate surface area is 149 Å². The molecule has 0 aromatic rings. The van der Waals surface area contributed by atoms with Gasteiger partial charge in [-0.1, -0.05) is 0 Å². The molecule has 0 aromatic carbocycles. The molecular weight excluding hydrogens is 549 g/mol. The van der Waals surface area contributed by atoms with Crippen molar-refractivity contribution in [3.8, 4) is 0 Å². The van der Waals surface area contributed by atoms with E-state index in [1.54, 1.807) is 0 Å². The second kappa shape index (κ2) is 24.2. The second-order valence-corrected chi connectivity index (χ2v) is 1.79. The summed E-state index contributed by atoms with van der Waals surface area (Å²) in [4.78, 5) is 0. The van der Waals surface area contributed by atoms with Crippen molar-refractivity contribution in [2.24, 2.45) is 0 Å². The molecule has 11 heteroatoms. The molecule has 4 N–H and O–H groups in total. The molecule has 0 spiro atoms. The molecule has 0 saturated heterocycles. The summed E-state index contributed by atoms with van der Waals surface area (Å²) in [5, 5.41) is 15.2. The summed E-state index contributed by atoms with van der Waals surface area (Å²) in [6, 6.07) is 0. The zero-order valence-corrected chi connectivity index (χ0v) is 12.3. The van der Waals surface area contributed by atoms with Crippen molar-refractivity contribution in [3.05, 3.63) is 0 Å². The quantitative estimate of drug-likeness (QED) is 0.312. The molecule has 0 aliphatic carbocycles. The monoisotopic (exact) mass is 557 g/mol. The van der Waals surface area contributed by atoms with Crippen LogP contribution in [0.2, 0.25) is 0 Å². The van der Waals surface area contributed by atoms with Gasteiger partial charge in [0.05, 0.1) is 13.2 Å². The molecule has 0 heterocycles. The molecule has 0 rings (SSSR count). The van der Waals surface area contributed by atoms with Crippen LogP contribution in [0.3, 0.4) is 0 Å². The summed E-state index contributed by atoms with van der Waals surface area (Å²) in [5.74, 6) is 0. The molecule has 95 valence electrons. The van der Waals surface area contributed by atoms with Crippen LogP contribution in [0.1, 0.15) is 0 Å². The van der Waals surface area contributed by atoms with Gasteiger partial charge in [-0.2, -0.15) is 8.42 Å². The van der Waals surface area contributed by atoms with Crippen molar-refractivity contribution in [2.45, 2.75) is 0 Å². The van der Waals surface area contributed by atoms with Gasteiger partial charge in [0.15, 0.2) is 0 Å². The van der Waals surface area contributed by atoms with E-state index in [0.717, 1.165) is 0 Å². The summed E-state index contributed by atoms with van der Waals surface area (Å²) in [6.45, 7) is -0.250. The van der Waals surface area contributed by atoms with Gasteiger partial charge >= 0.3 is 10.4 Å². The van der Waals surface area contributed by atoms with Crippen LogP contribution in [0, 0.1) is 75.9 Å². The number of aliphatic hydroxyl groups is 2. The van der Waals surface area contributed by atoms with Gasteiger partial charge < -0.3 is 10.2 Å². The number of rotatable bonds is 1. The molecule has 0 saturated carbocycles. The summed E-state index contributed by atoms with van der Waals surface area (Å²) in [7, 11) is -4.67. The Morgan fingerprint density at radius 2 is 1.00 bits per heavy atom. The Balaban J connectivity index is -0.0000000146. The smallest absolute Gasteiger partial charge is 0.394 e. The molecule has 0 aromatic heterocycles. The Morgan fingerprint density at radius 3 is 1.00 bits per heavy atom. The van der Waals surface area contributed by atoms with Crippen molar-refractivity contribution >= 4 is 35.2 Å². The van der Waals surface area contributed by atoms with Gasteiger partial charge in [-0.05, 0) is 0 Å². The topological polar surface area (TPSA) is 115 Å². The molecule has 0 unspecified atom stereocenters. The van der Waals surface area contributed by atoms with Crippen LogP contribution >= 0.6 is 24.8 Å². The SMILES string of the molecule is Cl.Cl.O=S(=O)(O)O.OCCO.[Er].[Tb]. The normalized spacial score (nSPS) is 6.77. The first-order chi connectivity index (χ1) is 3.91. The van der Waals surface area contributed by atoms with Crippen LogP contribution in [0.5, 0.6) is 0 Å². The van der Waals surface area contributed by atoms with E-state index in [9.17, 15) is 0 Å². The minimum atomic E-state index is -4.67. The fraction of sp³-hybridized carbons (Fsp3) is 1.00. The second-order valence-electron chi connectivity index (χ2n) is 0.895. The van der Waals surface area contributed by atoms with Gasteiger partial charge in [0.1, 0.15) is 0 Å². The number of hydrogen-bond donors (Lipinski definition) is 4. The van der Waals surface area contributed by atoms with Gasteiger partial charge in [0, 0.05) is 75.9 Å². The largest absolute Gasteiger partial charge is 0.394 e. The van der Waals surface area contributed by atoms with Gasteiger partial charge in [-0.25, -0.2) is 0 Å². The zero-order chi connectivity index (χ0) is 7.91. The molecule has 0 fully saturated rings. The van der Waals surface area contributed by atoms with Crippen molar-refractivity contribution in [2.75, 3.05) is 13.2 Å². The molecule has 0 bridgehead atoms. The minimum Gasteiger partial charge on any atom is -0.394 e. The third-order valence-electron chi connectivity index (χ3n) is 0.1000. The van der Waals surface area contributed by atoms with Crippen molar-refractivity contribution in [1.82, 2.24) is 0 Å². The maximum Gasteiger partial charge on any atom is 0.394 e. The maximum absolute atomic E-state index is 8.74. The van der Waals surface area contributed by atoms with Crippen LogP contribution in [-0.4, -0.2) is 41.0 Å². The van der Waals surface area contributed by atoms with Crippen molar-refractivity contribution in [3.63, 3.8) is 0 Å². The van der Waals surface area contributed by atoms with Crippen LogP contribution in [0.4, 0.5) is 0 Å². The summed E-state index contributed by atoms with van der Waals surface area (Å²) in [6.07, 6.45) is 0. The van der Waals surface area contributed by atoms with E-state index in [-0.39, 0.29) is 114 Å². The van der Waals surface area contributed by atoms with Crippen LogP contribution < -0.4 is 0 Å².